The highest BCUT2D eigenvalue weighted by Crippen LogP contribution is 1.85. The summed E-state index contributed by atoms with van der Waals surface area (Å²) in [7, 11) is 1.70. The van der Waals surface area contributed by atoms with Gasteiger partial charge in [0, 0.05) is 19.2 Å². The van der Waals surface area contributed by atoms with E-state index in [9.17, 15) is 4.79 Å². The van der Waals surface area contributed by atoms with Crippen molar-refractivity contribution in [3.8, 4) is 0 Å². The SMILES string of the molecule is CNC(=S)N/N=C(\C)CC(C)=O. The number of carbonyl (C=O) groups excluding carboxylic acids is 1. The van der Waals surface area contributed by atoms with Crippen LogP contribution < -0.4 is 10.7 Å². The Morgan fingerprint density at radius 3 is 2.50 bits per heavy atom. The number of nitrogens with one attached hydrogen (secondary N) is 2. The number of Topliss-reactive ketones (excluding diaryl/α,β-unsaturated/α-hetero) is 1. The molecule has 0 aromatic rings. The molecule has 4 nitrogen and oxygen atoms in total. The topological polar surface area (TPSA) is 53.5 Å². The molecule has 68 valence electrons. The Morgan fingerprint density at radius 1 is 1.50 bits per heavy atom. The van der Waals surface area contributed by atoms with Crippen LogP contribution in [0, 0.1) is 0 Å². The minimum Gasteiger partial charge on any atom is -0.364 e. The summed E-state index contributed by atoms with van der Waals surface area (Å²) in [5, 5.41) is 7.02. The molecule has 0 spiro atoms. The summed E-state index contributed by atoms with van der Waals surface area (Å²) in [5.41, 5.74) is 3.32. The molecule has 0 aromatic carbocycles. The van der Waals surface area contributed by atoms with Crippen molar-refractivity contribution in [3.63, 3.8) is 0 Å². The number of hydrogen-bond acceptors (Lipinski definition) is 3. The first-order valence-electron chi connectivity index (χ1n) is 3.56. The van der Waals surface area contributed by atoms with Crippen LogP contribution in [0.3, 0.4) is 0 Å². The minimum atomic E-state index is 0.0911. The van der Waals surface area contributed by atoms with E-state index in [-0.39, 0.29) is 5.78 Å². The first-order valence-corrected chi connectivity index (χ1v) is 3.97. The Hall–Kier alpha value is -0.970. The van der Waals surface area contributed by atoms with Crippen molar-refractivity contribution in [2.75, 3.05) is 7.05 Å². The van der Waals surface area contributed by atoms with Crippen molar-refractivity contribution >= 4 is 28.8 Å². The Bertz CT molecular complexity index is 213. The zero-order valence-electron chi connectivity index (χ0n) is 7.47. The largest absolute Gasteiger partial charge is 0.364 e. The summed E-state index contributed by atoms with van der Waals surface area (Å²) in [6.45, 7) is 3.29. The molecule has 0 fully saturated rings. The summed E-state index contributed by atoms with van der Waals surface area (Å²) in [5.74, 6) is 0.0911. The third-order valence-corrected chi connectivity index (χ3v) is 1.38. The summed E-state index contributed by atoms with van der Waals surface area (Å²) in [4.78, 5) is 10.6. The number of rotatable bonds is 3. The van der Waals surface area contributed by atoms with E-state index in [2.05, 4.69) is 15.8 Å². The van der Waals surface area contributed by atoms with Gasteiger partial charge in [-0.25, -0.2) is 0 Å². The molecule has 0 aromatic heterocycles. The van der Waals surface area contributed by atoms with Crippen molar-refractivity contribution < 1.29 is 4.79 Å². The lowest BCUT2D eigenvalue weighted by Gasteiger charge is -2.01. The number of hydrogen-bond donors (Lipinski definition) is 2. The number of carbonyl (C=O) groups is 1. The van der Waals surface area contributed by atoms with Crippen molar-refractivity contribution in [1.29, 1.82) is 0 Å². The lowest BCUT2D eigenvalue weighted by molar-refractivity contribution is -0.115. The first-order chi connectivity index (χ1) is 5.56. The van der Waals surface area contributed by atoms with Crippen LogP contribution in [0.1, 0.15) is 20.3 Å². The fourth-order valence-electron chi connectivity index (χ4n) is 0.602. The summed E-state index contributed by atoms with van der Waals surface area (Å²) < 4.78 is 0. The predicted molar refractivity (Wildman–Crippen MR) is 53.2 cm³/mol. The lowest BCUT2D eigenvalue weighted by atomic mass is 10.2. The van der Waals surface area contributed by atoms with Crippen molar-refractivity contribution in [2.45, 2.75) is 20.3 Å². The Morgan fingerprint density at radius 2 is 2.08 bits per heavy atom. The maximum atomic E-state index is 10.6. The molecule has 12 heavy (non-hydrogen) atoms. The molecule has 5 heteroatoms. The number of nitrogens with zero attached hydrogens (tertiary/aromatic N) is 1. The Balaban J connectivity index is 3.84. The molecule has 0 heterocycles. The zero-order valence-corrected chi connectivity index (χ0v) is 8.29. The molecule has 0 aliphatic carbocycles. The second-order valence-electron chi connectivity index (χ2n) is 2.42. The van der Waals surface area contributed by atoms with E-state index < -0.39 is 0 Å². The lowest BCUT2D eigenvalue weighted by Crippen LogP contribution is -2.29. The quantitative estimate of drug-likeness (QED) is 0.382. The molecule has 0 saturated carbocycles. The highest BCUT2D eigenvalue weighted by Gasteiger charge is 1.96. The van der Waals surface area contributed by atoms with Gasteiger partial charge < -0.3 is 5.32 Å². The van der Waals surface area contributed by atoms with Gasteiger partial charge >= 0.3 is 0 Å². The molecule has 0 aliphatic heterocycles. The van der Waals surface area contributed by atoms with Crippen molar-refractivity contribution in [3.05, 3.63) is 0 Å². The van der Waals surface area contributed by atoms with Gasteiger partial charge in [0.25, 0.3) is 0 Å². The molecule has 0 amide bonds. The standard InChI is InChI=1S/C7H13N3OS/c1-5(4-6(2)11)9-10-7(12)8-3/h4H2,1-3H3,(H2,8,10,12)/b9-5+. The van der Waals surface area contributed by atoms with Crippen LogP contribution in [0.4, 0.5) is 0 Å². The molecular weight excluding hydrogens is 174 g/mol. The van der Waals surface area contributed by atoms with Gasteiger partial charge in [-0.15, -0.1) is 0 Å². The van der Waals surface area contributed by atoms with E-state index in [0.717, 1.165) is 5.71 Å². The summed E-state index contributed by atoms with van der Waals surface area (Å²) >= 11 is 4.77. The fraction of sp³-hybridized carbons (Fsp3) is 0.571. The third-order valence-electron chi connectivity index (χ3n) is 1.08. The van der Waals surface area contributed by atoms with Gasteiger partial charge in [0.05, 0.1) is 0 Å². The zero-order chi connectivity index (χ0) is 9.56. The molecule has 0 saturated heterocycles. The minimum absolute atomic E-state index is 0.0911. The van der Waals surface area contributed by atoms with Gasteiger partial charge in [0.15, 0.2) is 5.11 Å². The average Bonchev–Trinajstić information content (AvgIpc) is 1.99. The van der Waals surface area contributed by atoms with Crippen LogP contribution >= 0.6 is 12.2 Å². The smallest absolute Gasteiger partial charge is 0.186 e. The molecule has 0 atom stereocenters. The molecule has 2 N–H and O–H groups in total. The van der Waals surface area contributed by atoms with Gasteiger partial charge in [-0.3, -0.25) is 10.2 Å². The van der Waals surface area contributed by atoms with Gasteiger partial charge in [0.1, 0.15) is 5.78 Å². The maximum Gasteiger partial charge on any atom is 0.186 e. The second-order valence-corrected chi connectivity index (χ2v) is 2.83. The molecule has 0 bridgehead atoms. The number of hydrazone groups is 1. The van der Waals surface area contributed by atoms with Gasteiger partial charge in [0.2, 0.25) is 0 Å². The molecule has 0 rings (SSSR count). The maximum absolute atomic E-state index is 10.6. The van der Waals surface area contributed by atoms with E-state index in [4.69, 9.17) is 12.2 Å². The number of ketones is 1. The second kappa shape index (κ2) is 5.65. The normalized spacial score (nSPS) is 10.8. The predicted octanol–water partition coefficient (Wildman–Crippen LogP) is 0.435. The fourth-order valence-corrected chi connectivity index (χ4v) is 0.648. The van der Waals surface area contributed by atoms with Gasteiger partial charge in [-0.1, -0.05) is 0 Å². The molecule has 0 radical (unpaired) electrons. The van der Waals surface area contributed by atoms with E-state index >= 15 is 0 Å². The van der Waals surface area contributed by atoms with Crippen LogP contribution in [0.15, 0.2) is 5.10 Å². The number of thiocarbonyl (C=S) groups is 1. The first kappa shape index (κ1) is 11.0. The summed E-state index contributed by atoms with van der Waals surface area (Å²) in [6, 6.07) is 0. The van der Waals surface area contributed by atoms with Crippen LogP contribution in [0.25, 0.3) is 0 Å². The highest BCUT2D eigenvalue weighted by atomic mass is 32.1. The van der Waals surface area contributed by atoms with Crippen LogP contribution in [0.2, 0.25) is 0 Å². The van der Waals surface area contributed by atoms with Gasteiger partial charge in [-0.2, -0.15) is 5.10 Å². The van der Waals surface area contributed by atoms with Crippen molar-refractivity contribution in [1.82, 2.24) is 10.7 Å². The Kier molecular flexibility index (Phi) is 5.19. The van der Waals surface area contributed by atoms with E-state index in [0.29, 0.717) is 11.5 Å². The van der Waals surface area contributed by atoms with E-state index in [1.54, 1.807) is 14.0 Å². The third kappa shape index (κ3) is 5.79. The van der Waals surface area contributed by atoms with Crippen LogP contribution in [-0.2, 0) is 4.79 Å². The Labute approximate surface area is 77.4 Å². The highest BCUT2D eigenvalue weighted by molar-refractivity contribution is 7.80. The van der Waals surface area contributed by atoms with E-state index in [1.807, 2.05) is 0 Å². The average molecular weight is 187 g/mol. The monoisotopic (exact) mass is 187 g/mol. The van der Waals surface area contributed by atoms with Gasteiger partial charge in [-0.05, 0) is 26.1 Å². The molecule has 0 aliphatic rings. The summed E-state index contributed by atoms with van der Waals surface area (Å²) in [6.07, 6.45) is 0.360. The van der Waals surface area contributed by atoms with E-state index in [1.165, 1.54) is 6.92 Å². The van der Waals surface area contributed by atoms with Crippen LogP contribution in [0.5, 0.6) is 0 Å². The van der Waals surface area contributed by atoms with Crippen LogP contribution in [-0.4, -0.2) is 23.7 Å². The van der Waals surface area contributed by atoms with Crippen molar-refractivity contribution in [2.24, 2.45) is 5.10 Å². The molecule has 0 unspecified atom stereocenters. The molecular formula is C7H13N3OS.